The molecule has 0 saturated heterocycles. The molecule has 1 heterocycles. The van der Waals surface area contributed by atoms with E-state index in [-0.39, 0.29) is 23.5 Å². The van der Waals surface area contributed by atoms with Crippen LogP contribution in [0.3, 0.4) is 0 Å². The van der Waals surface area contributed by atoms with Crippen LogP contribution in [0.15, 0.2) is 42.5 Å². The molecule has 3 aromatic rings. The summed E-state index contributed by atoms with van der Waals surface area (Å²) in [6, 6.07) is 8.09. The van der Waals surface area contributed by atoms with Crippen LogP contribution in [0.5, 0.6) is 11.5 Å². The third-order valence-corrected chi connectivity index (χ3v) is 5.66. The van der Waals surface area contributed by atoms with Crippen molar-refractivity contribution >= 4 is 27.3 Å². The van der Waals surface area contributed by atoms with Crippen LogP contribution in [0.4, 0.5) is 22.0 Å². The zero-order valence-electron chi connectivity index (χ0n) is 17.9. The number of alkyl halides is 5. The van der Waals surface area contributed by atoms with Crippen LogP contribution in [-0.4, -0.2) is 36.7 Å². The summed E-state index contributed by atoms with van der Waals surface area (Å²) in [4.78, 5) is 11.1. The van der Waals surface area contributed by atoms with Gasteiger partial charge in [-0.25, -0.2) is 9.48 Å². The zero-order valence-corrected chi connectivity index (χ0v) is 18.7. The number of halogens is 5. The molecule has 1 aromatic heterocycles. The lowest BCUT2D eigenvalue weighted by molar-refractivity contribution is -0.158. The summed E-state index contributed by atoms with van der Waals surface area (Å²) < 4.78 is 105. The number of rotatable bonds is 8. The van der Waals surface area contributed by atoms with Crippen molar-refractivity contribution in [3.05, 3.63) is 48.2 Å². The Kier molecular flexibility index (Phi) is 6.11. The fourth-order valence-corrected chi connectivity index (χ4v) is 3.77. The first kappa shape index (κ1) is 24.7. The molecule has 2 aromatic carbocycles. The molecule has 0 atom stereocenters. The van der Waals surface area contributed by atoms with E-state index in [1.807, 2.05) is 0 Å². The second kappa shape index (κ2) is 8.66. The Balaban J connectivity index is 1.61. The average Bonchev–Trinajstić information content (AvgIpc) is 3.48. The number of ether oxygens (including phenoxy) is 1. The molecule has 1 aliphatic carbocycles. The van der Waals surface area contributed by atoms with E-state index in [1.54, 1.807) is 0 Å². The lowest BCUT2D eigenvalue weighted by atomic mass is 10.2. The van der Waals surface area contributed by atoms with Gasteiger partial charge < -0.3 is 13.1 Å². The van der Waals surface area contributed by atoms with E-state index in [0.717, 1.165) is 37.1 Å². The molecule has 0 bridgehead atoms. The van der Waals surface area contributed by atoms with Crippen molar-refractivity contribution < 1.29 is 48.3 Å². The number of fused-ring (bicyclic) bond motifs is 1. The Morgan fingerprint density at radius 3 is 2.26 bits per heavy atom. The van der Waals surface area contributed by atoms with Gasteiger partial charge in [0.1, 0.15) is 11.5 Å². The first-order chi connectivity index (χ1) is 16.2. The molecule has 1 fully saturated rings. The van der Waals surface area contributed by atoms with Crippen LogP contribution in [-0.2, 0) is 25.6 Å². The maximum absolute atomic E-state index is 13.9. The summed E-state index contributed by atoms with van der Waals surface area (Å²) in [6.45, 7) is 0.599. The van der Waals surface area contributed by atoms with Crippen molar-refractivity contribution in [1.82, 2.24) is 9.78 Å². The smallest absolute Gasteiger partial charge is 0.493 e. The first-order valence-corrected chi connectivity index (χ1v) is 11.5. The summed E-state index contributed by atoms with van der Waals surface area (Å²) in [5.41, 5.74) is -1.14. The van der Waals surface area contributed by atoms with E-state index >= 15 is 0 Å². The number of nitrogens with zero attached hydrogens (tertiary/aromatic N) is 2. The Morgan fingerprint density at radius 1 is 1.06 bits per heavy atom. The summed E-state index contributed by atoms with van der Waals surface area (Å²) in [7, 11) is -5.20. The largest absolute Gasteiger partial charge is 0.503 e. The number of benzene rings is 2. The number of hydrogen-bond donors (Lipinski definition) is 0. The van der Waals surface area contributed by atoms with Gasteiger partial charge in [-0.2, -0.15) is 27.1 Å². The van der Waals surface area contributed by atoms with E-state index in [1.165, 1.54) is 18.2 Å². The third kappa shape index (κ3) is 5.81. The van der Waals surface area contributed by atoms with Gasteiger partial charge in [-0.3, -0.25) is 0 Å². The highest BCUT2D eigenvalue weighted by molar-refractivity contribution is 7.82. The van der Waals surface area contributed by atoms with E-state index in [4.69, 9.17) is 4.74 Å². The molecular formula is C21H17F5N2O6S. The van der Waals surface area contributed by atoms with Gasteiger partial charge in [0.15, 0.2) is 5.69 Å². The lowest BCUT2D eigenvalue weighted by Crippen LogP contribution is -2.30. The van der Waals surface area contributed by atoms with E-state index in [2.05, 4.69) is 13.5 Å². The summed E-state index contributed by atoms with van der Waals surface area (Å²) >= 11 is 0. The van der Waals surface area contributed by atoms with E-state index in [9.17, 15) is 35.2 Å². The standard InChI is InChI=1S/C21H17F5N2O6S/c1-20(22,23)19(29)34-35(30,31)33-14-6-4-13(5-7-14)28-18(21(24,25)26)16-9-8-15(10-17(16)27-28)32-11-12-2-3-12/h4-10,12H,2-3,11H2,1H3. The monoisotopic (exact) mass is 520 g/mol. The first-order valence-electron chi connectivity index (χ1n) is 10.1. The molecule has 4 rings (SSSR count). The Morgan fingerprint density at radius 2 is 1.69 bits per heavy atom. The van der Waals surface area contributed by atoms with Crippen LogP contribution >= 0.6 is 0 Å². The molecule has 0 spiro atoms. The number of carbonyl (C=O) groups excluding carboxylic acids is 1. The maximum atomic E-state index is 13.9. The molecule has 1 aliphatic rings. The minimum absolute atomic E-state index is 0.0286. The van der Waals surface area contributed by atoms with Crippen LogP contribution in [0.2, 0.25) is 0 Å². The highest BCUT2D eigenvalue weighted by atomic mass is 32.3. The van der Waals surface area contributed by atoms with Gasteiger partial charge in [-0.1, -0.05) is 0 Å². The normalized spacial score (nSPS) is 14.7. The molecule has 188 valence electrons. The number of hydrogen-bond acceptors (Lipinski definition) is 7. The van der Waals surface area contributed by atoms with Crippen LogP contribution in [0.1, 0.15) is 25.5 Å². The minimum Gasteiger partial charge on any atom is -0.493 e. The van der Waals surface area contributed by atoms with E-state index in [0.29, 0.717) is 23.0 Å². The van der Waals surface area contributed by atoms with Gasteiger partial charge >= 0.3 is 28.5 Å². The second-order valence-electron chi connectivity index (χ2n) is 7.94. The molecule has 0 radical (unpaired) electrons. The molecule has 35 heavy (non-hydrogen) atoms. The van der Waals surface area contributed by atoms with Crippen molar-refractivity contribution in [3.8, 4) is 17.2 Å². The maximum Gasteiger partial charge on any atom is 0.503 e. The van der Waals surface area contributed by atoms with Crippen molar-refractivity contribution in [3.63, 3.8) is 0 Å². The molecule has 8 nitrogen and oxygen atoms in total. The Bertz CT molecular complexity index is 1360. The zero-order chi connectivity index (χ0) is 25.6. The van der Waals surface area contributed by atoms with Crippen LogP contribution in [0, 0.1) is 5.92 Å². The lowest BCUT2D eigenvalue weighted by Gasteiger charge is -2.12. The molecular weight excluding hydrogens is 503 g/mol. The highest BCUT2D eigenvalue weighted by Gasteiger charge is 2.39. The number of carbonyl (C=O) groups is 1. The van der Waals surface area contributed by atoms with Crippen molar-refractivity contribution in [2.75, 3.05) is 6.61 Å². The van der Waals surface area contributed by atoms with Gasteiger partial charge in [-0.05, 0) is 55.2 Å². The summed E-state index contributed by atoms with van der Waals surface area (Å²) in [5.74, 6) is -6.11. The summed E-state index contributed by atoms with van der Waals surface area (Å²) in [5, 5.41) is 3.85. The highest BCUT2D eigenvalue weighted by Crippen LogP contribution is 2.38. The van der Waals surface area contributed by atoms with Gasteiger partial charge in [0, 0.05) is 18.4 Å². The number of aromatic nitrogens is 2. The van der Waals surface area contributed by atoms with Gasteiger partial charge in [0.2, 0.25) is 0 Å². The Labute approximate surface area is 195 Å². The molecule has 0 unspecified atom stereocenters. The molecule has 0 N–H and O–H groups in total. The molecule has 0 amide bonds. The van der Waals surface area contributed by atoms with Gasteiger partial charge in [0.25, 0.3) is 0 Å². The third-order valence-electron chi connectivity index (χ3n) is 4.91. The van der Waals surface area contributed by atoms with E-state index < -0.39 is 39.9 Å². The molecule has 14 heteroatoms. The molecule has 0 aliphatic heterocycles. The SMILES string of the molecule is CC(F)(F)C(=O)OS(=O)(=O)Oc1ccc(-n2nc3cc(OCC4CC4)ccc3c2C(F)(F)F)cc1. The fourth-order valence-electron chi connectivity index (χ4n) is 3.06. The topological polar surface area (TPSA) is 96.7 Å². The predicted molar refractivity (Wildman–Crippen MR) is 111 cm³/mol. The Hall–Kier alpha value is -3.42. The average molecular weight is 520 g/mol. The second-order valence-corrected chi connectivity index (χ2v) is 9.09. The van der Waals surface area contributed by atoms with Gasteiger partial charge in [-0.15, -0.1) is 8.42 Å². The van der Waals surface area contributed by atoms with Crippen molar-refractivity contribution in [1.29, 1.82) is 0 Å². The van der Waals surface area contributed by atoms with Crippen molar-refractivity contribution in [2.45, 2.75) is 31.9 Å². The van der Waals surface area contributed by atoms with Crippen molar-refractivity contribution in [2.24, 2.45) is 5.92 Å². The summed E-state index contributed by atoms with van der Waals surface area (Å²) in [6.07, 6.45) is -2.70. The molecule has 1 saturated carbocycles. The van der Waals surface area contributed by atoms with Gasteiger partial charge in [0.05, 0.1) is 17.8 Å². The van der Waals surface area contributed by atoms with Crippen LogP contribution < -0.4 is 8.92 Å². The quantitative estimate of drug-likeness (QED) is 0.399. The minimum atomic E-state index is -5.20. The predicted octanol–water partition coefficient (Wildman–Crippen LogP) is 4.66. The van der Waals surface area contributed by atoms with Crippen LogP contribution in [0.25, 0.3) is 16.6 Å². The fraction of sp³-hybridized carbons (Fsp3) is 0.333.